The summed E-state index contributed by atoms with van der Waals surface area (Å²) in [7, 11) is 0. The molecule has 2 aromatic rings. The zero-order chi connectivity index (χ0) is 13.7. The predicted octanol–water partition coefficient (Wildman–Crippen LogP) is 4.69. The summed E-state index contributed by atoms with van der Waals surface area (Å²) >= 11 is 13.4. The number of rotatable bonds is 5. The molecule has 1 N–H and O–H groups in total. The number of aliphatic hydroxyl groups is 1. The largest absolute Gasteiger partial charge is 0.392 e. The molecule has 1 unspecified atom stereocenters. The van der Waals surface area contributed by atoms with Crippen molar-refractivity contribution >= 4 is 35.0 Å². The Labute approximate surface area is 127 Å². The van der Waals surface area contributed by atoms with Gasteiger partial charge < -0.3 is 5.11 Å². The lowest BCUT2D eigenvalue weighted by atomic mass is 10.1. The molecule has 0 amide bonds. The van der Waals surface area contributed by atoms with Gasteiger partial charge >= 0.3 is 0 Å². The molecule has 0 spiro atoms. The highest BCUT2D eigenvalue weighted by atomic mass is 35.5. The molecule has 1 atom stereocenters. The van der Waals surface area contributed by atoms with E-state index in [1.807, 2.05) is 48.5 Å². The van der Waals surface area contributed by atoms with Gasteiger partial charge in [0.15, 0.2) is 0 Å². The lowest BCUT2D eigenvalue weighted by molar-refractivity contribution is 0.200. The van der Waals surface area contributed by atoms with Gasteiger partial charge in [-0.25, -0.2) is 0 Å². The standard InChI is InChI=1S/C15H14Cl2OS/c16-12-4-1-3-11(7-12)8-14(18)10-19-15-6-2-5-13(17)9-15/h1-7,9,14,18H,8,10H2. The van der Waals surface area contributed by atoms with Gasteiger partial charge in [0.05, 0.1) is 6.10 Å². The maximum atomic E-state index is 10.0. The molecular weight excluding hydrogens is 299 g/mol. The highest BCUT2D eigenvalue weighted by Gasteiger charge is 2.07. The summed E-state index contributed by atoms with van der Waals surface area (Å²) in [4.78, 5) is 1.07. The molecule has 0 radical (unpaired) electrons. The molecule has 2 rings (SSSR count). The van der Waals surface area contributed by atoms with Gasteiger partial charge in [0.25, 0.3) is 0 Å². The van der Waals surface area contributed by atoms with E-state index in [0.29, 0.717) is 22.2 Å². The second-order valence-electron chi connectivity index (χ2n) is 4.26. The van der Waals surface area contributed by atoms with Crippen molar-refractivity contribution in [2.24, 2.45) is 0 Å². The molecule has 0 heterocycles. The van der Waals surface area contributed by atoms with E-state index < -0.39 is 6.10 Å². The fourth-order valence-corrected chi connectivity index (χ4v) is 3.10. The van der Waals surface area contributed by atoms with Crippen LogP contribution in [0.3, 0.4) is 0 Å². The van der Waals surface area contributed by atoms with E-state index in [1.54, 1.807) is 11.8 Å². The van der Waals surface area contributed by atoms with Crippen molar-refractivity contribution in [1.29, 1.82) is 0 Å². The average molecular weight is 313 g/mol. The molecule has 0 aliphatic carbocycles. The maximum Gasteiger partial charge on any atom is 0.0674 e. The van der Waals surface area contributed by atoms with Crippen LogP contribution in [0, 0.1) is 0 Å². The summed E-state index contributed by atoms with van der Waals surface area (Å²) in [5.41, 5.74) is 1.05. The monoisotopic (exact) mass is 312 g/mol. The van der Waals surface area contributed by atoms with Crippen LogP contribution in [0.1, 0.15) is 5.56 Å². The first-order chi connectivity index (χ1) is 9.13. The van der Waals surface area contributed by atoms with Crippen LogP contribution in [0.4, 0.5) is 0 Å². The quantitative estimate of drug-likeness (QED) is 0.808. The maximum absolute atomic E-state index is 10.0. The van der Waals surface area contributed by atoms with Crippen molar-refractivity contribution in [1.82, 2.24) is 0 Å². The minimum Gasteiger partial charge on any atom is -0.392 e. The minimum absolute atomic E-state index is 0.401. The summed E-state index contributed by atoms with van der Waals surface area (Å²) in [5, 5.41) is 11.4. The van der Waals surface area contributed by atoms with Crippen LogP contribution >= 0.6 is 35.0 Å². The van der Waals surface area contributed by atoms with Crippen molar-refractivity contribution in [3.8, 4) is 0 Å². The minimum atomic E-state index is -0.401. The fourth-order valence-electron chi connectivity index (χ4n) is 1.74. The topological polar surface area (TPSA) is 20.2 Å². The van der Waals surface area contributed by atoms with E-state index >= 15 is 0 Å². The lowest BCUT2D eigenvalue weighted by Gasteiger charge is -2.10. The highest BCUT2D eigenvalue weighted by molar-refractivity contribution is 7.99. The van der Waals surface area contributed by atoms with Gasteiger partial charge in [-0.05, 0) is 42.3 Å². The van der Waals surface area contributed by atoms with Gasteiger partial charge in [0.1, 0.15) is 0 Å². The molecule has 100 valence electrons. The third kappa shape index (κ3) is 5.07. The number of hydrogen-bond donors (Lipinski definition) is 1. The van der Waals surface area contributed by atoms with Crippen LogP contribution in [0.25, 0.3) is 0 Å². The summed E-state index contributed by atoms with van der Waals surface area (Å²) in [5.74, 6) is 0.632. The Morgan fingerprint density at radius 1 is 1.00 bits per heavy atom. The number of benzene rings is 2. The molecule has 1 nitrogen and oxygen atoms in total. The number of hydrogen-bond acceptors (Lipinski definition) is 2. The van der Waals surface area contributed by atoms with Crippen LogP contribution < -0.4 is 0 Å². The Morgan fingerprint density at radius 3 is 2.37 bits per heavy atom. The zero-order valence-electron chi connectivity index (χ0n) is 10.2. The predicted molar refractivity (Wildman–Crippen MR) is 83.3 cm³/mol. The van der Waals surface area contributed by atoms with Crippen molar-refractivity contribution in [3.63, 3.8) is 0 Å². The van der Waals surface area contributed by atoms with Crippen molar-refractivity contribution in [3.05, 3.63) is 64.1 Å². The number of aliphatic hydroxyl groups excluding tert-OH is 1. The van der Waals surface area contributed by atoms with Gasteiger partial charge in [-0.3, -0.25) is 0 Å². The van der Waals surface area contributed by atoms with E-state index in [1.165, 1.54) is 0 Å². The van der Waals surface area contributed by atoms with Gasteiger partial charge in [-0.2, -0.15) is 0 Å². The average Bonchev–Trinajstić information content (AvgIpc) is 2.36. The number of halogens is 2. The first-order valence-electron chi connectivity index (χ1n) is 5.94. The summed E-state index contributed by atoms with van der Waals surface area (Å²) in [6.45, 7) is 0. The Balaban J connectivity index is 1.86. The van der Waals surface area contributed by atoms with E-state index in [9.17, 15) is 5.11 Å². The smallest absolute Gasteiger partial charge is 0.0674 e. The Hall–Kier alpha value is -0.670. The lowest BCUT2D eigenvalue weighted by Crippen LogP contribution is -2.13. The van der Waals surface area contributed by atoms with Gasteiger partial charge in [0, 0.05) is 20.7 Å². The second kappa shape index (κ2) is 7.20. The van der Waals surface area contributed by atoms with Crippen molar-refractivity contribution in [2.45, 2.75) is 17.4 Å². The van der Waals surface area contributed by atoms with Crippen molar-refractivity contribution < 1.29 is 5.11 Å². The Kier molecular flexibility index (Phi) is 5.59. The van der Waals surface area contributed by atoms with E-state index in [4.69, 9.17) is 23.2 Å². The summed E-state index contributed by atoms with van der Waals surface area (Å²) < 4.78 is 0. The molecule has 0 bridgehead atoms. The van der Waals surface area contributed by atoms with E-state index in [2.05, 4.69) is 0 Å². The molecule has 0 aliphatic rings. The molecule has 19 heavy (non-hydrogen) atoms. The third-order valence-electron chi connectivity index (χ3n) is 2.60. The SMILES string of the molecule is OC(CSc1cccc(Cl)c1)Cc1cccc(Cl)c1. The second-order valence-corrected chi connectivity index (χ2v) is 6.22. The molecule has 0 aliphatic heterocycles. The third-order valence-corrected chi connectivity index (χ3v) is 4.21. The Morgan fingerprint density at radius 2 is 1.68 bits per heavy atom. The van der Waals surface area contributed by atoms with Gasteiger partial charge in [-0.15, -0.1) is 11.8 Å². The normalized spacial score (nSPS) is 12.4. The first kappa shape index (κ1) is 14.7. The van der Waals surface area contributed by atoms with Crippen LogP contribution in [0.15, 0.2) is 53.4 Å². The van der Waals surface area contributed by atoms with Crippen LogP contribution in [0.5, 0.6) is 0 Å². The molecule has 4 heteroatoms. The van der Waals surface area contributed by atoms with E-state index in [0.717, 1.165) is 10.5 Å². The summed E-state index contributed by atoms with van der Waals surface area (Å²) in [6, 6.07) is 15.2. The molecule has 0 saturated heterocycles. The van der Waals surface area contributed by atoms with Gasteiger partial charge in [-0.1, -0.05) is 41.4 Å². The van der Waals surface area contributed by atoms with Gasteiger partial charge in [0.2, 0.25) is 0 Å². The number of thioether (sulfide) groups is 1. The van der Waals surface area contributed by atoms with Crippen LogP contribution in [0.2, 0.25) is 10.0 Å². The Bertz CT molecular complexity index is 545. The molecule has 0 aromatic heterocycles. The van der Waals surface area contributed by atoms with Crippen LogP contribution in [-0.4, -0.2) is 17.0 Å². The first-order valence-corrected chi connectivity index (χ1v) is 7.68. The zero-order valence-corrected chi connectivity index (χ0v) is 12.6. The molecular formula is C15H14Cl2OS. The molecule has 0 fully saturated rings. The fraction of sp³-hybridized carbons (Fsp3) is 0.200. The van der Waals surface area contributed by atoms with Crippen LogP contribution in [-0.2, 0) is 6.42 Å². The molecule has 2 aromatic carbocycles. The summed E-state index contributed by atoms with van der Waals surface area (Å²) in [6.07, 6.45) is 0.205. The van der Waals surface area contributed by atoms with Crippen molar-refractivity contribution in [2.75, 3.05) is 5.75 Å². The highest BCUT2D eigenvalue weighted by Crippen LogP contribution is 2.23. The van der Waals surface area contributed by atoms with E-state index in [-0.39, 0.29) is 0 Å². The molecule has 0 saturated carbocycles.